The highest BCUT2D eigenvalue weighted by molar-refractivity contribution is 6.37. The normalized spacial score (nSPS) is 33.7. The Morgan fingerprint density at radius 1 is 0.952 bits per heavy atom. The average molecular weight is 322 g/mol. The SMILES string of the molecule is O=C1[C@@H]2[C@H](C(=O)N1c1cc(Cl)ccc1Cl)[C@H]1C=C[C@H]2CC1. The number of anilines is 1. The van der Waals surface area contributed by atoms with Crippen LogP contribution in [0.4, 0.5) is 5.69 Å². The molecule has 2 amide bonds. The third-order valence-corrected chi connectivity index (χ3v) is 5.46. The standard InChI is InChI=1S/C16H13Cl2NO2/c17-10-5-6-11(18)12(7-10)19-15(20)13-8-1-2-9(4-3-8)14(13)16(19)21/h1-2,5-9,13-14H,3-4H2/t8-,9-,13-,14+/m0/s1. The Kier molecular flexibility index (Phi) is 2.92. The molecule has 0 spiro atoms. The minimum absolute atomic E-state index is 0.131. The van der Waals surface area contributed by atoms with Crippen molar-refractivity contribution in [2.45, 2.75) is 12.8 Å². The summed E-state index contributed by atoms with van der Waals surface area (Å²) >= 11 is 12.2. The van der Waals surface area contributed by atoms with Crippen LogP contribution in [-0.2, 0) is 9.59 Å². The summed E-state index contributed by atoms with van der Waals surface area (Å²) in [6.45, 7) is 0. The van der Waals surface area contributed by atoms with Crippen molar-refractivity contribution in [1.29, 1.82) is 0 Å². The molecule has 2 bridgehead atoms. The summed E-state index contributed by atoms with van der Waals surface area (Å²) in [5.74, 6) is -0.354. The smallest absolute Gasteiger partial charge is 0.238 e. The Morgan fingerprint density at radius 2 is 1.52 bits per heavy atom. The van der Waals surface area contributed by atoms with Gasteiger partial charge in [0.15, 0.2) is 0 Å². The molecule has 3 nitrogen and oxygen atoms in total. The van der Waals surface area contributed by atoms with E-state index in [1.165, 1.54) is 4.90 Å². The molecule has 1 aromatic rings. The van der Waals surface area contributed by atoms with Crippen LogP contribution in [0.5, 0.6) is 0 Å². The number of carbonyl (C=O) groups is 2. The lowest BCUT2D eigenvalue weighted by atomic mass is 9.63. The van der Waals surface area contributed by atoms with Crippen LogP contribution in [0.3, 0.4) is 0 Å². The topological polar surface area (TPSA) is 37.4 Å². The zero-order valence-corrected chi connectivity index (χ0v) is 12.6. The first-order chi connectivity index (χ1) is 10.1. The van der Waals surface area contributed by atoms with Gasteiger partial charge in [0.25, 0.3) is 0 Å². The Bertz CT molecular complexity index is 653. The predicted molar refractivity (Wildman–Crippen MR) is 81.3 cm³/mol. The van der Waals surface area contributed by atoms with Crippen molar-refractivity contribution in [2.75, 3.05) is 4.90 Å². The van der Waals surface area contributed by atoms with E-state index in [2.05, 4.69) is 12.2 Å². The molecular weight excluding hydrogens is 309 g/mol. The van der Waals surface area contributed by atoms with E-state index < -0.39 is 0 Å². The fourth-order valence-corrected chi connectivity index (χ4v) is 4.34. The molecule has 0 aromatic heterocycles. The molecule has 0 radical (unpaired) electrons. The first-order valence-corrected chi connectivity index (χ1v) is 7.84. The molecule has 1 saturated carbocycles. The van der Waals surface area contributed by atoms with Crippen LogP contribution in [0.1, 0.15) is 12.8 Å². The first kappa shape index (κ1) is 13.4. The highest BCUT2D eigenvalue weighted by Crippen LogP contribution is 2.51. The predicted octanol–water partition coefficient (Wildman–Crippen LogP) is 3.70. The summed E-state index contributed by atoms with van der Waals surface area (Å²) in [6.07, 6.45) is 6.17. The highest BCUT2D eigenvalue weighted by Gasteiger charge is 2.57. The molecule has 1 aliphatic heterocycles. The van der Waals surface area contributed by atoms with Gasteiger partial charge in [-0.1, -0.05) is 35.4 Å². The maximum absolute atomic E-state index is 12.8. The van der Waals surface area contributed by atoms with Crippen LogP contribution in [0.25, 0.3) is 0 Å². The number of fused-ring (bicyclic) bond motifs is 1. The van der Waals surface area contributed by atoms with E-state index in [1.54, 1.807) is 18.2 Å². The van der Waals surface area contributed by atoms with E-state index in [-0.39, 0.29) is 35.5 Å². The average Bonchev–Trinajstić information content (AvgIpc) is 2.77. The quantitative estimate of drug-likeness (QED) is 0.584. The van der Waals surface area contributed by atoms with Gasteiger partial charge in [0, 0.05) is 5.02 Å². The number of rotatable bonds is 1. The van der Waals surface area contributed by atoms with E-state index in [9.17, 15) is 9.59 Å². The number of amides is 2. The molecule has 21 heavy (non-hydrogen) atoms. The number of imide groups is 1. The molecule has 1 saturated heterocycles. The fraction of sp³-hybridized carbons (Fsp3) is 0.375. The molecular formula is C16H13Cl2NO2. The lowest BCUT2D eigenvalue weighted by Crippen LogP contribution is -2.38. The molecule has 5 heteroatoms. The minimum atomic E-state index is -0.226. The highest BCUT2D eigenvalue weighted by atomic mass is 35.5. The molecule has 4 atom stereocenters. The number of halogens is 2. The van der Waals surface area contributed by atoms with Crippen molar-refractivity contribution in [1.82, 2.24) is 0 Å². The summed E-state index contributed by atoms with van der Waals surface area (Å²) in [5, 5.41) is 0.839. The number of nitrogens with zero attached hydrogens (tertiary/aromatic N) is 1. The number of benzene rings is 1. The van der Waals surface area contributed by atoms with E-state index in [0.717, 1.165) is 12.8 Å². The van der Waals surface area contributed by atoms with E-state index in [4.69, 9.17) is 23.2 Å². The zero-order chi connectivity index (χ0) is 14.7. The lowest BCUT2D eigenvalue weighted by Gasteiger charge is -2.38. The fourth-order valence-electron chi connectivity index (χ4n) is 3.97. The molecule has 1 aromatic carbocycles. The summed E-state index contributed by atoms with van der Waals surface area (Å²) in [7, 11) is 0. The molecule has 1 heterocycles. The van der Waals surface area contributed by atoms with Gasteiger partial charge in [0.2, 0.25) is 11.8 Å². The van der Waals surface area contributed by atoms with Crippen molar-refractivity contribution in [3.8, 4) is 0 Å². The van der Waals surface area contributed by atoms with Crippen molar-refractivity contribution in [3.05, 3.63) is 40.4 Å². The molecule has 0 N–H and O–H groups in total. The second-order valence-electron chi connectivity index (χ2n) is 5.95. The Morgan fingerprint density at radius 3 is 2.05 bits per heavy atom. The zero-order valence-electron chi connectivity index (χ0n) is 11.1. The maximum atomic E-state index is 12.8. The van der Waals surface area contributed by atoms with Crippen molar-refractivity contribution in [2.24, 2.45) is 23.7 Å². The van der Waals surface area contributed by atoms with Crippen LogP contribution in [0.2, 0.25) is 10.0 Å². The monoisotopic (exact) mass is 321 g/mol. The Hall–Kier alpha value is -1.32. The largest absolute Gasteiger partial charge is 0.274 e. The molecule has 4 aliphatic rings. The molecule has 3 aliphatic carbocycles. The second-order valence-corrected chi connectivity index (χ2v) is 6.79. The molecule has 108 valence electrons. The molecule has 2 fully saturated rings. The van der Waals surface area contributed by atoms with Gasteiger partial charge < -0.3 is 0 Å². The first-order valence-electron chi connectivity index (χ1n) is 7.09. The van der Waals surface area contributed by atoms with Gasteiger partial charge in [-0.05, 0) is 42.9 Å². The van der Waals surface area contributed by atoms with Crippen molar-refractivity contribution < 1.29 is 9.59 Å². The van der Waals surface area contributed by atoms with E-state index in [0.29, 0.717) is 15.7 Å². The lowest BCUT2D eigenvalue weighted by molar-refractivity contribution is -0.124. The second kappa shape index (κ2) is 4.59. The van der Waals surface area contributed by atoms with E-state index in [1.807, 2.05) is 0 Å². The van der Waals surface area contributed by atoms with Crippen LogP contribution >= 0.6 is 23.2 Å². The summed E-state index contributed by atoms with van der Waals surface area (Å²) in [4.78, 5) is 26.8. The number of carbonyl (C=O) groups excluding carboxylic acids is 2. The van der Waals surface area contributed by atoms with Gasteiger partial charge in [-0.3, -0.25) is 9.59 Å². The van der Waals surface area contributed by atoms with Crippen molar-refractivity contribution >= 4 is 40.7 Å². The van der Waals surface area contributed by atoms with Gasteiger partial charge in [-0.15, -0.1) is 0 Å². The van der Waals surface area contributed by atoms with Gasteiger partial charge in [-0.25, -0.2) is 4.90 Å². The molecule has 5 rings (SSSR count). The van der Waals surface area contributed by atoms with Crippen LogP contribution in [-0.4, -0.2) is 11.8 Å². The number of hydrogen-bond acceptors (Lipinski definition) is 2. The third kappa shape index (κ3) is 1.80. The Labute approximate surface area is 132 Å². The Balaban J connectivity index is 1.80. The number of hydrogen-bond donors (Lipinski definition) is 0. The van der Waals surface area contributed by atoms with Crippen LogP contribution in [0, 0.1) is 23.7 Å². The van der Waals surface area contributed by atoms with Crippen molar-refractivity contribution in [3.63, 3.8) is 0 Å². The van der Waals surface area contributed by atoms with E-state index >= 15 is 0 Å². The summed E-state index contributed by atoms with van der Waals surface area (Å²) < 4.78 is 0. The summed E-state index contributed by atoms with van der Waals surface area (Å²) in [6, 6.07) is 4.86. The third-order valence-electron chi connectivity index (χ3n) is 4.91. The van der Waals surface area contributed by atoms with Gasteiger partial charge in [0.1, 0.15) is 0 Å². The van der Waals surface area contributed by atoms with Crippen LogP contribution in [0.15, 0.2) is 30.4 Å². The van der Waals surface area contributed by atoms with Gasteiger partial charge in [-0.2, -0.15) is 0 Å². The van der Waals surface area contributed by atoms with Gasteiger partial charge >= 0.3 is 0 Å². The summed E-state index contributed by atoms with van der Waals surface area (Å²) in [5.41, 5.74) is 0.410. The van der Waals surface area contributed by atoms with Crippen LogP contribution < -0.4 is 4.90 Å². The maximum Gasteiger partial charge on any atom is 0.238 e. The number of allylic oxidation sites excluding steroid dienone is 2. The minimum Gasteiger partial charge on any atom is -0.274 e. The molecule has 0 unspecified atom stereocenters. The van der Waals surface area contributed by atoms with Gasteiger partial charge in [0.05, 0.1) is 22.5 Å².